The second kappa shape index (κ2) is 5.71. The summed E-state index contributed by atoms with van der Waals surface area (Å²) in [5.41, 5.74) is 2.84. The Balaban J connectivity index is 2.39. The standard InChI is InChI=1S/C22H20Br2/c1-11(2)15-8-13-6-5-7-14-16(12(3)4)9-18-21(20(13)14)17(15)10-19(23)22(18)24/h5-12H,1-4H3. The normalized spacial score (nSPS) is 12.5. The first-order valence-electron chi connectivity index (χ1n) is 8.49. The van der Waals surface area contributed by atoms with Crippen LogP contribution in [0.1, 0.15) is 50.7 Å². The lowest BCUT2D eigenvalue weighted by Gasteiger charge is -2.21. The Morgan fingerprint density at radius 3 is 2.04 bits per heavy atom. The number of hydrogen-bond acceptors (Lipinski definition) is 0. The lowest BCUT2D eigenvalue weighted by molar-refractivity contribution is 0.876. The van der Waals surface area contributed by atoms with Crippen LogP contribution in [0, 0.1) is 0 Å². The smallest absolute Gasteiger partial charge is 0.0396 e. The van der Waals surface area contributed by atoms with E-state index in [0.29, 0.717) is 11.8 Å². The molecule has 0 nitrogen and oxygen atoms in total. The minimum atomic E-state index is 0.495. The van der Waals surface area contributed by atoms with Crippen molar-refractivity contribution in [1.29, 1.82) is 0 Å². The number of rotatable bonds is 2. The maximum Gasteiger partial charge on any atom is 0.0396 e. The summed E-state index contributed by atoms with van der Waals surface area (Å²) in [6, 6.07) is 13.8. The van der Waals surface area contributed by atoms with E-state index in [2.05, 4.69) is 96.0 Å². The monoisotopic (exact) mass is 442 g/mol. The number of hydrogen-bond donors (Lipinski definition) is 0. The zero-order valence-electron chi connectivity index (χ0n) is 14.4. The van der Waals surface area contributed by atoms with E-state index < -0.39 is 0 Å². The molecule has 0 radical (unpaired) electrons. The highest BCUT2D eigenvalue weighted by Crippen LogP contribution is 2.46. The van der Waals surface area contributed by atoms with Gasteiger partial charge in [0.25, 0.3) is 0 Å². The summed E-state index contributed by atoms with van der Waals surface area (Å²) in [7, 11) is 0. The van der Waals surface area contributed by atoms with Gasteiger partial charge in [-0.25, -0.2) is 0 Å². The number of halogens is 2. The van der Waals surface area contributed by atoms with Crippen LogP contribution in [0.4, 0.5) is 0 Å². The van der Waals surface area contributed by atoms with Crippen LogP contribution in [0.3, 0.4) is 0 Å². The fraction of sp³-hybridized carbons (Fsp3) is 0.273. The van der Waals surface area contributed by atoms with Crippen molar-refractivity contribution >= 4 is 64.2 Å². The van der Waals surface area contributed by atoms with Crippen LogP contribution in [0.15, 0.2) is 45.3 Å². The van der Waals surface area contributed by atoms with Crippen LogP contribution in [0.25, 0.3) is 32.3 Å². The largest absolute Gasteiger partial charge is 0.0610 e. The quantitative estimate of drug-likeness (QED) is 0.273. The van der Waals surface area contributed by atoms with Gasteiger partial charge in [0.2, 0.25) is 0 Å². The van der Waals surface area contributed by atoms with Crippen molar-refractivity contribution in [2.75, 3.05) is 0 Å². The Hall–Kier alpha value is -1.12. The highest BCUT2D eigenvalue weighted by atomic mass is 79.9. The van der Waals surface area contributed by atoms with Crippen molar-refractivity contribution in [3.05, 3.63) is 56.5 Å². The molecule has 0 fully saturated rings. The van der Waals surface area contributed by atoms with E-state index in [0.717, 1.165) is 8.95 Å². The predicted octanol–water partition coefficient (Wildman–Crippen LogP) is 8.36. The Morgan fingerprint density at radius 2 is 1.38 bits per heavy atom. The van der Waals surface area contributed by atoms with Gasteiger partial charge in [-0.2, -0.15) is 0 Å². The van der Waals surface area contributed by atoms with Crippen LogP contribution < -0.4 is 0 Å². The SMILES string of the molecule is CC(C)c1cc2c(Br)c(Br)cc3c(C(C)C)cc4cccc1c4c32. The van der Waals surface area contributed by atoms with Crippen LogP contribution >= 0.6 is 31.9 Å². The molecule has 0 heterocycles. The minimum absolute atomic E-state index is 0.495. The summed E-state index contributed by atoms with van der Waals surface area (Å²) < 4.78 is 2.29. The van der Waals surface area contributed by atoms with E-state index in [9.17, 15) is 0 Å². The molecule has 0 amide bonds. The molecule has 0 spiro atoms. The van der Waals surface area contributed by atoms with E-state index in [1.807, 2.05) is 0 Å². The molecule has 0 aliphatic heterocycles. The molecule has 4 aromatic carbocycles. The molecule has 0 N–H and O–H groups in total. The molecule has 0 aromatic heterocycles. The lowest BCUT2D eigenvalue weighted by Crippen LogP contribution is -1.97. The third-order valence-electron chi connectivity index (χ3n) is 5.08. The van der Waals surface area contributed by atoms with Crippen molar-refractivity contribution in [1.82, 2.24) is 0 Å². The Kier molecular flexibility index (Phi) is 3.89. The molecule has 0 atom stereocenters. The van der Waals surface area contributed by atoms with Gasteiger partial charge in [0.05, 0.1) is 0 Å². The highest BCUT2D eigenvalue weighted by Gasteiger charge is 2.19. The maximum absolute atomic E-state index is 3.82. The van der Waals surface area contributed by atoms with Gasteiger partial charge in [0.1, 0.15) is 0 Å². The molecule has 4 aromatic rings. The Bertz CT molecular complexity index is 1070. The molecule has 24 heavy (non-hydrogen) atoms. The molecule has 0 unspecified atom stereocenters. The third-order valence-corrected chi connectivity index (χ3v) is 7.09. The van der Waals surface area contributed by atoms with Crippen molar-refractivity contribution < 1.29 is 0 Å². The first-order valence-corrected chi connectivity index (χ1v) is 10.1. The minimum Gasteiger partial charge on any atom is -0.0610 e. The van der Waals surface area contributed by atoms with Crippen molar-refractivity contribution in [2.45, 2.75) is 39.5 Å². The average Bonchev–Trinajstić information content (AvgIpc) is 2.54. The molecule has 2 heteroatoms. The molecular weight excluding hydrogens is 424 g/mol. The van der Waals surface area contributed by atoms with Gasteiger partial charge in [0, 0.05) is 8.95 Å². The third kappa shape index (κ3) is 2.23. The molecular formula is C22H20Br2. The molecule has 0 saturated heterocycles. The van der Waals surface area contributed by atoms with Gasteiger partial charge in [-0.3, -0.25) is 0 Å². The van der Waals surface area contributed by atoms with E-state index in [1.54, 1.807) is 0 Å². The Morgan fingerprint density at radius 1 is 0.708 bits per heavy atom. The van der Waals surface area contributed by atoms with Gasteiger partial charge in [-0.15, -0.1) is 0 Å². The van der Waals surface area contributed by atoms with Crippen LogP contribution in [-0.4, -0.2) is 0 Å². The van der Waals surface area contributed by atoms with Crippen LogP contribution in [-0.2, 0) is 0 Å². The second-order valence-corrected chi connectivity index (χ2v) is 8.93. The van der Waals surface area contributed by atoms with E-state index >= 15 is 0 Å². The van der Waals surface area contributed by atoms with Crippen molar-refractivity contribution in [2.24, 2.45) is 0 Å². The molecule has 4 rings (SSSR count). The zero-order valence-corrected chi connectivity index (χ0v) is 17.5. The molecule has 122 valence electrons. The summed E-state index contributed by atoms with van der Waals surface area (Å²) in [5.74, 6) is 0.990. The summed E-state index contributed by atoms with van der Waals surface area (Å²) >= 11 is 7.58. The fourth-order valence-corrected chi connectivity index (χ4v) is 4.79. The van der Waals surface area contributed by atoms with E-state index in [-0.39, 0.29) is 0 Å². The van der Waals surface area contributed by atoms with E-state index in [1.165, 1.54) is 43.4 Å². The summed E-state index contributed by atoms with van der Waals surface area (Å²) in [6.45, 7) is 9.12. The lowest BCUT2D eigenvalue weighted by atomic mass is 9.84. The van der Waals surface area contributed by atoms with Crippen molar-refractivity contribution in [3.8, 4) is 0 Å². The highest BCUT2D eigenvalue weighted by molar-refractivity contribution is 9.13. The van der Waals surface area contributed by atoms with E-state index in [4.69, 9.17) is 0 Å². The van der Waals surface area contributed by atoms with Crippen molar-refractivity contribution in [3.63, 3.8) is 0 Å². The summed E-state index contributed by atoms with van der Waals surface area (Å²) in [6.07, 6.45) is 0. The fourth-order valence-electron chi connectivity index (χ4n) is 3.92. The summed E-state index contributed by atoms with van der Waals surface area (Å²) in [5, 5.41) is 8.23. The second-order valence-electron chi connectivity index (χ2n) is 7.29. The molecule has 0 aliphatic rings. The van der Waals surface area contributed by atoms with Crippen LogP contribution in [0.5, 0.6) is 0 Å². The average molecular weight is 444 g/mol. The first-order chi connectivity index (χ1) is 11.4. The first kappa shape index (κ1) is 16.4. The van der Waals surface area contributed by atoms with Gasteiger partial charge in [0.15, 0.2) is 0 Å². The Labute approximate surface area is 159 Å². The molecule has 0 aliphatic carbocycles. The van der Waals surface area contributed by atoms with Gasteiger partial charge in [-0.05, 0) is 99.3 Å². The zero-order chi connectivity index (χ0) is 17.2. The predicted molar refractivity (Wildman–Crippen MR) is 114 cm³/mol. The van der Waals surface area contributed by atoms with Gasteiger partial charge < -0.3 is 0 Å². The molecule has 0 bridgehead atoms. The van der Waals surface area contributed by atoms with Gasteiger partial charge >= 0.3 is 0 Å². The molecule has 0 saturated carbocycles. The number of benzene rings is 4. The van der Waals surface area contributed by atoms with Crippen LogP contribution in [0.2, 0.25) is 0 Å². The topological polar surface area (TPSA) is 0 Å². The maximum atomic E-state index is 3.82. The van der Waals surface area contributed by atoms with Gasteiger partial charge in [-0.1, -0.05) is 52.0 Å². The summed E-state index contributed by atoms with van der Waals surface area (Å²) in [4.78, 5) is 0.